The highest BCUT2D eigenvalue weighted by atomic mass is 19.1. The predicted octanol–water partition coefficient (Wildman–Crippen LogP) is 2.09. The number of halogens is 2. The summed E-state index contributed by atoms with van der Waals surface area (Å²) >= 11 is 0. The maximum Gasteiger partial charge on any atom is 0.408 e. The third-order valence-electron chi connectivity index (χ3n) is 6.37. The number of aryl methyl sites for hydroxylation is 1. The number of aromatic nitrogens is 2. The highest BCUT2D eigenvalue weighted by Gasteiger charge is 2.50. The van der Waals surface area contributed by atoms with Crippen LogP contribution in [0.2, 0.25) is 0 Å². The molecule has 2 unspecified atom stereocenters. The Morgan fingerprint density at radius 3 is 2.38 bits per heavy atom. The first-order valence-electron chi connectivity index (χ1n) is 11.5. The van der Waals surface area contributed by atoms with Crippen LogP contribution in [0.4, 0.5) is 19.4 Å². The number of alkyl carbamates (subject to hydrolysis) is 1. The molecule has 3 N–H and O–H groups in total. The highest BCUT2D eigenvalue weighted by Crippen LogP contribution is 2.38. The first kappa shape index (κ1) is 25.6. The van der Waals surface area contributed by atoms with E-state index in [1.807, 2.05) is 0 Å². The molecule has 2 fully saturated rings. The number of nitrogens with zero attached hydrogens (tertiary/aromatic N) is 2. The van der Waals surface area contributed by atoms with Crippen molar-refractivity contribution in [1.82, 2.24) is 20.4 Å². The Balaban J connectivity index is 1.71. The van der Waals surface area contributed by atoms with Crippen molar-refractivity contribution in [2.75, 3.05) is 12.0 Å². The van der Waals surface area contributed by atoms with Gasteiger partial charge in [0.05, 0.1) is 0 Å². The van der Waals surface area contributed by atoms with Crippen LogP contribution in [0.3, 0.4) is 0 Å². The number of rotatable bonds is 10. The molecule has 0 bridgehead atoms. The summed E-state index contributed by atoms with van der Waals surface area (Å²) in [4.78, 5) is 50.8. The molecular formula is C22H31F2N5O5. The third-order valence-corrected chi connectivity index (χ3v) is 6.37. The second-order valence-electron chi connectivity index (χ2n) is 9.21. The van der Waals surface area contributed by atoms with Gasteiger partial charge in [-0.2, -0.15) is 5.10 Å². The van der Waals surface area contributed by atoms with Crippen LogP contribution in [0, 0.1) is 0 Å². The van der Waals surface area contributed by atoms with Crippen LogP contribution >= 0.6 is 0 Å². The van der Waals surface area contributed by atoms with E-state index in [-0.39, 0.29) is 37.9 Å². The van der Waals surface area contributed by atoms with Crippen LogP contribution in [0.5, 0.6) is 0 Å². The minimum Gasteiger partial charge on any atom is -0.444 e. The maximum absolute atomic E-state index is 15.2. The Morgan fingerprint density at radius 1 is 1.18 bits per heavy atom. The van der Waals surface area contributed by atoms with E-state index in [1.165, 1.54) is 17.7 Å². The van der Waals surface area contributed by atoms with Crippen molar-refractivity contribution < 1.29 is 32.7 Å². The topological polar surface area (TPSA) is 131 Å². The summed E-state index contributed by atoms with van der Waals surface area (Å²) in [5, 5.41) is 11.3. The highest BCUT2D eigenvalue weighted by molar-refractivity contribution is 6.44. The largest absolute Gasteiger partial charge is 0.444 e. The van der Waals surface area contributed by atoms with E-state index in [4.69, 9.17) is 4.74 Å². The monoisotopic (exact) mass is 483 g/mol. The van der Waals surface area contributed by atoms with E-state index in [0.717, 1.165) is 0 Å². The van der Waals surface area contributed by atoms with Crippen molar-refractivity contribution >= 4 is 29.5 Å². The second-order valence-corrected chi connectivity index (χ2v) is 9.21. The number of carbonyl (C=O) groups excluding carboxylic acids is 4. The number of Topliss-reactive ketones (excluding diaryl/α,β-unsaturated/α-hetero) is 1. The normalized spacial score (nSPS) is 19.9. The van der Waals surface area contributed by atoms with Gasteiger partial charge in [-0.15, -0.1) is 0 Å². The molecule has 10 nitrogen and oxygen atoms in total. The Hall–Kier alpha value is -3.05. The van der Waals surface area contributed by atoms with Gasteiger partial charge in [-0.25, -0.2) is 13.6 Å². The van der Waals surface area contributed by atoms with Crippen molar-refractivity contribution in [2.45, 2.75) is 81.6 Å². The first-order valence-corrected chi connectivity index (χ1v) is 11.5. The Bertz CT molecular complexity index is 927. The standard InChI is InChI=1S/C22H31F2N5O5/c1-14(13-23)34-20(33)25-15(12-21(24)7-3-4-8-21)18(31)27-22(9-5-10-22)17(30)19(32)26-16-6-11-29(2)28-16/h6,11,14-15H,3-5,7-10,12-13H2,1-2H3,(H,25,33)(H,27,31)(H,26,28,32). The zero-order valence-electron chi connectivity index (χ0n) is 19.4. The molecule has 188 valence electrons. The molecule has 2 saturated carbocycles. The van der Waals surface area contributed by atoms with Gasteiger partial charge in [0.25, 0.3) is 5.91 Å². The van der Waals surface area contributed by atoms with Crippen LogP contribution in [-0.4, -0.2) is 63.5 Å². The summed E-state index contributed by atoms with van der Waals surface area (Å²) in [6, 6.07) is 0.162. The Kier molecular flexibility index (Phi) is 7.88. The van der Waals surface area contributed by atoms with Gasteiger partial charge in [0.1, 0.15) is 30.0 Å². The molecule has 1 aromatic heterocycles. The number of nitrogens with one attached hydrogen (secondary N) is 3. The summed E-state index contributed by atoms with van der Waals surface area (Å²) in [7, 11) is 1.65. The Labute approximate surface area is 196 Å². The van der Waals surface area contributed by atoms with Gasteiger partial charge < -0.3 is 20.7 Å². The lowest BCUT2D eigenvalue weighted by atomic mass is 9.73. The SMILES string of the molecule is CC(CF)OC(=O)NC(CC1(F)CCCC1)C(=O)NC1(C(=O)C(=O)Nc2ccn(C)n2)CCC1. The van der Waals surface area contributed by atoms with E-state index < -0.39 is 53.7 Å². The summed E-state index contributed by atoms with van der Waals surface area (Å²) in [5.41, 5.74) is -3.11. The van der Waals surface area contributed by atoms with Crippen molar-refractivity contribution in [3.05, 3.63) is 12.3 Å². The number of ketones is 1. The van der Waals surface area contributed by atoms with Gasteiger partial charge >= 0.3 is 6.09 Å². The summed E-state index contributed by atoms with van der Waals surface area (Å²) in [5.74, 6) is -2.39. The summed E-state index contributed by atoms with van der Waals surface area (Å²) in [6.07, 6.45) is 2.03. The average molecular weight is 484 g/mol. The lowest BCUT2D eigenvalue weighted by Gasteiger charge is -2.41. The number of hydrogen-bond donors (Lipinski definition) is 3. The molecule has 34 heavy (non-hydrogen) atoms. The van der Waals surface area contributed by atoms with Gasteiger partial charge in [0.2, 0.25) is 11.7 Å². The molecule has 2 aliphatic rings. The van der Waals surface area contributed by atoms with Crippen LogP contribution in [0.1, 0.15) is 58.3 Å². The minimum absolute atomic E-state index is 0.187. The number of carbonyl (C=O) groups is 4. The zero-order valence-corrected chi connectivity index (χ0v) is 19.4. The number of alkyl halides is 2. The fourth-order valence-electron chi connectivity index (χ4n) is 4.31. The molecule has 3 rings (SSSR count). The molecular weight excluding hydrogens is 452 g/mol. The molecule has 0 saturated heterocycles. The molecule has 0 spiro atoms. The number of anilines is 1. The molecule has 1 heterocycles. The fourth-order valence-corrected chi connectivity index (χ4v) is 4.31. The van der Waals surface area contributed by atoms with Crippen LogP contribution < -0.4 is 16.0 Å². The number of hydrogen-bond acceptors (Lipinski definition) is 6. The van der Waals surface area contributed by atoms with Gasteiger partial charge in [-0.1, -0.05) is 12.8 Å². The molecule has 0 aromatic carbocycles. The second kappa shape index (κ2) is 10.5. The quantitative estimate of drug-likeness (QED) is 0.437. The average Bonchev–Trinajstić information content (AvgIpc) is 3.37. The lowest BCUT2D eigenvalue weighted by molar-refractivity contribution is -0.144. The lowest BCUT2D eigenvalue weighted by Crippen LogP contribution is -2.65. The van der Waals surface area contributed by atoms with E-state index in [1.54, 1.807) is 13.2 Å². The van der Waals surface area contributed by atoms with E-state index >= 15 is 4.39 Å². The van der Waals surface area contributed by atoms with Gasteiger partial charge in [0.15, 0.2) is 5.82 Å². The van der Waals surface area contributed by atoms with Crippen LogP contribution in [0.25, 0.3) is 0 Å². The summed E-state index contributed by atoms with van der Waals surface area (Å²) < 4.78 is 34.2. The van der Waals surface area contributed by atoms with Gasteiger partial charge in [-0.3, -0.25) is 19.1 Å². The molecule has 12 heteroatoms. The third kappa shape index (κ3) is 6.09. The van der Waals surface area contributed by atoms with Crippen molar-refractivity contribution in [1.29, 1.82) is 0 Å². The smallest absolute Gasteiger partial charge is 0.408 e. The van der Waals surface area contributed by atoms with Crippen LogP contribution in [-0.2, 0) is 26.2 Å². The van der Waals surface area contributed by atoms with E-state index in [2.05, 4.69) is 21.0 Å². The van der Waals surface area contributed by atoms with Gasteiger partial charge in [-0.05, 0) is 39.0 Å². The molecule has 2 atom stereocenters. The van der Waals surface area contributed by atoms with E-state index in [9.17, 15) is 23.6 Å². The van der Waals surface area contributed by atoms with Gasteiger partial charge in [0, 0.05) is 25.7 Å². The van der Waals surface area contributed by atoms with E-state index in [0.29, 0.717) is 19.3 Å². The number of amides is 3. The predicted molar refractivity (Wildman–Crippen MR) is 117 cm³/mol. The molecule has 0 radical (unpaired) electrons. The van der Waals surface area contributed by atoms with Crippen molar-refractivity contribution in [3.8, 4) is 0 Å². The first-order chi connectivity index (χ1) is 16.1. The Morgan fingerprint density at radius 2 is 1.85 bits per heavy atom. The molecule has 0 aliphatic heterocycles. The fraction of sp³-hybridized carbons (Fsp3) is 0.682. The van der Waals surface area contributed by atoms with Crippen molar-refractivity contribution in [3.63, 3.8) is 0 Å². The van der Waals surface area contributed by atoms with Crippen molar-refractivity contribution in [2.24, 2.45) is 7.05 Å². The summed E-state index contributed by atoms with van der Waals surface area (Å²) in [6.45, 7) is 0.421. The zero-order chi connectivity index (χ0) is 24.9. The van der Waals surface area contributed by atoms with Crippen LogP contribution in [0.15, 0.2) is 12.3 Å². The minimum atomic E-state index is -1.66. The maximum atomic E-state index is 15.2. The number of ether oxygens (including phenoxy) is 1. The molecule has 3 amide bonds. The molecule has 1 aromatic rings. The molecule has 2 aliphatic carbocycles.